The summed E-state index contributed by atoms with van der Waals surface area (Å²) in [4.78, 5) is 10.9. The lowest BCUT2D eigenvalue weighted by Gasteiger charge is -2.21. The standard InChI is InChI=1S/C10H12BrNO2/c1-6-3-4-8(11)7(5-6)10(2,12)9(13)14/h3-5H,12H2,1-2H3,(H,13,14)/t10-/m0/s1. The molecule has 76 valence electrons. The zero-order valence-corrected chi connectivity index (χ0v) is 9.63. The van der Waals surface area contributed by atoms with Gasteiger partial charge in [-0.1, -0.05) is 33.6 Å². The quantitative estimate of drug-likeness (QED) is 0.852. The third-order valence-electron chi connectivity index (χ3n) is 2.13. The Morgan fingerprint density at radius 2 is 2.14 bits per heavy atom. The number of nitrogens with two attached hydrogens (primary N) is 1. The fourth-order valence-electron chi connectivity index (χ4n) is 1.15. The highest BCUT2D eigenvalue weighted by Gasteiger charge is 2.32. The Bertz CT molecular complexity index is 374. The molecular formula is C10H12BrNO2. The van der Waals surface area contributed by atoms with E-state index in [1.807, 2.05) is 13.0 Å². The molecule has 0 saturated carbocycles. The van der Waals surface area contributed by atoms with E-state index in [0.29, 0.717) is 5.56 Å². The molecule has 1 atom stereocenters. The van der Waals surface area contributed by atoms with Crippen molar-refractivity contribution in [2.24, 2.45) is 5.73 Å². The molecule has 0 unspecified atom stereocenters. The number of carbonyl (C=O) groups is 1. The normalized spacial score (nSPS) is 14.9. The minimum atomic E-state index is -1.36. The van der Waals surface area contributed by atoms with Gasteiger partial charge < -0.3 is 10.8 Å². The zero-order valence-electron chi connectivity index (χ0n) is 8.04. The summed E-state index contributed by atoms with van der Waals surface area (Å²) < 4.78 is 0.718. The molecule has 1 aromatic carbocycles. The summed E-state index contributed by atoms with van der Waals surface area (Å²) in [5.74, 6) is -1.04. The van der Waals surface area contributed by atoms with Gasteiger partial charge in [0, 0.05) is 4.47 Å². The smallest absolute Gasteiger partial charge is 0.328 e. The highest BCUT2D eigenvalue weighted by Crippen LogP contribution is 2.27. The molecule has 0 aliphatic heterocycles. The lowest BCUT2D eigenvalue weighted by atomic mass is 9.92. The SMILES string of the molecule is Cc1ccc(Br)c([C@](C)(N)C(=O)O)c1. The summed E-state index contributed by atoms with van der Waals surface area (Å²) in [5.41, 5.74) is 5.94. The van der Waals surface area contributed by atoms with Gasteiger partial charge in [-0.15, -0.1) is 0 Å². The molecule has 3 N–H and O–H groups in total. The van der Waals surface area contributed by atoms with Crippen LogP contribution < -0.4 is 5.73 Å². The van der Waals surface area contributed by atoms with Gasteiger partial charge in [-0.3, -0.25) is 0 Å². The zero-order chi connectivity index (χ0) is 10.9. The van der Waals surface area contributed by atoms with Gasteiger partial charge in [-0.2, -0.15) is 0 Å². The highest BCUT2D eigenvalue weighted by atomic mass is 79.9. The van der Waals surface area contributed by atoms with Crippen LogP contribution in [0.1, 0.15) is 18.1 Å². The fourth-order valence-corrected chi connectivity index (χ4v) is 1.81. The minimum Gasteiger partial charge on any atom is -0.480 e. The molecule has 1 aromatic rings. The molecule has 3 nitrogen and oxygen atoms in total. The van der Waals surface area contributed by atoms with Crippen LogP contribution in [0.4, 0.5) is 0 Å². The Morgan fingerprint density at radius 3 is 2.64 bits per heavy atom. The van der Waals surface area contributed by atoms with Crippen LogP contribution in [-0.2, 0) is 10.3 Å². The van der Waals surface area contributed by atoms with E-state index >= 15 is 0 Å². The summed E-state index contributed by atoms with van der Waals surface area (Å²) in [7, 11) is 0. The number of rotatable bonds is 2. The fraction of sp³-hybridized carbons (Fsp3) is 0.300. The Labute approximate surface area is 91.1 Å². The van der Waals surface area contributed by atoms with Gasteiger partial charge in [-0.25, -0.2) is 4.79 Å². The van der Waals surface area contributed by atoms with Crippen molar-refractivity contribution in [3.8, 4) is 0 Å². The van der Waals surface area contributed by atoms with E-state index in [1.165, 1.54) is 6.92 Å². The van der Waals surface area contributed by atoms with Crippen molar-refractivity contribution in [1.29, 1.82) is 0 Å². The maximum Gasteiger partial charge on any atom is 0.328 e. The largest absolute Gasteiger partial charge is 0.480 e. The topological polar surface area (TPSA) is 63.3 Å². The van der Waals surface area contributed by atoms with Gasteiger partial charge in [0.15, 0.2) is 0 Å². The van der Waals surface area contributed by atoms with Gasteiger partial charge in [0.25, 0.3) is 0 Å². The lowest BCUT2D eigenvalue weighted by Crippen LogP contribution is -2.42. The molecule has 0 spiro atoms. The van der Waals surface area contributed by atoms with Crippen LogP contribution in [-0.4, -0.2) is 11.1 Å². The molecule has 0 saturated heterocycles. The first-order valence-electron chi connectivity index (χ1n) is 4.14. The van der Waals surface area contributed by atoms with E-state index in [2.05, 4.69) is 15.9 Å². The Kier molecular flexibility index (Phi) is 2.97. The van der Waals surface area contributed by atoms with E-state index in [1.54, 1.807) is 12.1 Å². The molecule has 0 radical (unpaired) electrons. The maximum absolute atomic E-state index is 10.9. The first-order valence-corrected chi connectivity index (χ1v) is 4.94. The molecule has 1 rings (SSSR count). The summed E-state index contributed by atoms with van der Waals surface area (Å²) in [6.45, 7) is 3.38. The Hall–Kier alpha value is -0.870. The highest BCUT2D eigenvalue weighted by molar-refractivity contribution is 9.10. The summed E-state index contributed by atoms with van der Waals surface area (Å²) >= 11 is 3.29. The predicted molar refractivity (Wildman–Crippen MR) is 58.1 cm³/mol. The number of aryl methyl sites for hydroxylation is 1. The second-order valence-corrected chi connectivity index (χ2v) is 4.35. The second kappa shape index (κ2) is 3.71. The molecule has 0 fully saturated rings. The van der Waals surface area contributed by atoms with Crippen molar-refractivity contribution in [3.63, 3.8) is 0 Å². The van der Waals surface area contributed by atoms with Crippen LogP contribution in [0.25, 0.3) is 0 Å². The molecule has 0 heterocycles. The van der Waals surface area contributed by atoms with Crippen molar-refractivity contribution in [3.05, 3.63) is 33.8 Å². The average Bonchev–Trinajstić information content (AvgIpc) is 2.08. The van der Waals surface area contributed by atoms with Gasteiger partial charge >= 0.3 is 5.97 Å². The third-order valence-corrected chi connectivity index (χ3v) is 2.82. The van der Waals surface area contributed by atoms with Gasteiger partial charge in [-0.05, 0) is 25.5 Å². The van der Waals surface area contributed by atoms with E-state index in [-0.39, 0.29) is 0 Å². The lowest BCUT2D eigenvalue weighted by molar-refractivity contribution is -0.143. The van der Waals surface area contributed by atoms with E-state index in [9.17, 15) is 4.79 Å². The second-order valence-electron chi connectivity index (χ2n) is 3.49. The monoisotopic (exact) mass is 257 g/mol. The van der Waals surface area contributed by atoms with Crippen LogP contribution in [0.3, 0.4) is 0 Å². The van der Waals surface area contributed by atoms with Crippen LogP contribution >= 0.6 is 15.9 Å². The Balaban J connectivity index is 3.31. The molecule has 0 aliphatic carbocycles. The number of benzene rings is 1. The third kappa shape index (κ3) is 1.96. The van der Waals surface area contributed by atoms with Crippen LogP contribution in [0.2, 0.25) is 0 Å². The van der Waals surface area contributed by atoms with Crippen molar-refractivity contribution in [2.75, 3.05) is 0 Å². The molecule has 4 heteroatoms. The van der Waals surface area contributed by atoms with E-state index in [4.69, 9.17) is 10.8 Å². The molecule has 0 aromatic heterocycles. The number of carboxylic acids is 1. The number of halogens is 1. The minimum absolute atomic E-state index is 0.588. The summed E-state index contributed by atoms with van der Waals surface area (Å²) in [6, 6.07) is 5.47. The van der Waals surface area contributed by atoms with Crippen LogP contribution in [0.15, 0.2) is 22.7 Å². The number of carboxylic acid groups (broad SMARTS) is 1. The van der Waals surface area contributed by atoms with Crippen molar-refractivity contribution in [1.82, 2.24) is 0 Å². The van der Waals surface area contributed by atoms with Gasteiger partial charge in [0.05, 0.1) is 0 Å². The maximum atomic E-state index is 10.9. The van der Waals surface area contributed by atoms with Crippen LogP contribution in [0.5, 0.6) is 0 Å². The first kappa shape index (κ1) is 11.2. The van der Waals surface area contributed by atoms with Crippen molar-refractivity contribution >= 4 is 21.9 Å². The summed E-state index contributed by atoms with van der Waals surface area (Å²) in [5, 5.41) is 8.96. The molecule has 0 aliphatic rings. The number of hydrogen-bond donors (Lipinski definition) is 2. The molecule has 0 bridgehead atoms. The first-order chi connectivity index (χ1) is 6.35. The molecule has 0 amide bonds. The van der Waals surface area contributed by atoms with Gasteiger partial charge in [0.2, 0.25) is 0 Å². The predicted octanol–water partition coefficient (Wildman–Crippen LogP) is 2.02. The Morgan fingerprint density at radius 1 is 1.57 bits per heavy atom. The van der Waals surface area contributed by atoms with Crippen LogP contribution in [0, 0.1) is 6.92 Å². The average molecular weight is 258 g/mol. The summed E-state index contributed by atoms with van der Waals surface area (Å²) in [6.07, 6.45) is 0. The molecule has 14 heavy (non-hydrogen) atoms. The van der Waals surface area contributed by atoms with Gasteiger partial charge in [0.1, 0.15) is 5.54 Å². The van der Waals surface area contributed by atoms with Crippen molar-refractivity contribution in [2.45, 2.75) is 19.4 Å². The number of hydrogen-bond acceptors (Lipinski definition) is 2. The number of aliphatic carboxylic acids is 1. The van der Waals surface area contributed by atoms with E-state index < -0.39 is 11.5 Å². The molecular weight excluding hydrogens is 246 g/mol. The van der Waals surface area contributed by atoms with E-state index in [0.717, 1.165) is 10.0 Å². The van der Waals surface area contributed by atoms with Crippen molar-refractivity contribution < 1.29 is 9.90 Å².